The van der Waals surface area contributed by atoms with Gasteiger partial charge in [-0.2, -0.15) is 0 Å². The van der Waals surface area contributed by atoms with Crippen molar-refractivity contribution in [2.75, 3.05) is 19.5 Å². The zero-order chi connectivity index (χ0) is 10.6. The number of ether oxygens (including phenoxy) is 1. The van der Waals surface area contributed by atoms with Gasteiger partial charge in [0.05, 0.1) is 11.6 Å². The van der Waals surface area contributed by atoms with E-state index < -0.39 is 0 Å². The first-order valence-corrected chi connectivity index (χ1v) is 4.92. The summed E-state index contributed by atoms with van der Waals surface area (Å²) in [6.07, 6.45) is 3.39. The Kier molecular flexibility index (Phi) is 3.88. The molecule has 0 fully saturated rings. The molecule has 76 valence electrons. The minimum Gasteiger partial charge on any atom is -0.479 e. The van der Waals surface area contributed by atoms with Crippen LogP contribution in [0, 0.1) is 0 Å². The van der Waals surface area contributed by atoms with Crippen molar-refractivity contribution in [1.29, 1.82) is 0 Å². The highest BCUT2D eigenvalue weighted by atomic mass is 79.9. The molecule has 0 spiro atoms. The molecule has 0 atom stereocenters. The molecule has 0 amide bonds. The van der Waals surface area contributed by atoms with Gasteiger partial charge in [-0.25, -0.2) is 4.98 Å². The zero-order valence-corrected chi connectivity index (χ0v) is 9.92. The quantitative estimate of drug-likeness (QED) is 0.847. The molecule has 1 N–H and O–H groups in total. The molecule has 5 heteroatoms. The Morgan fingerprint density at radius 3 is 2.86 bits per heavy atom. The number of nitrogens with zero attached hydrogens (tertiary/aromatic N) is 2. The molecule has 4 nitrogen and oxygen atoms in total. The maximum Gasteiger partial charge on any atom is 0.239 e. The van der Waals surface area contributed by atoms with Gasteiger partial charge in [0.15, 0.2) is 0 Å². The van der Waals surface area contributed by atoms with Crippen LogP contribution in [0.2, 0.25) is 0 Å². The van der Waals surface area contributed by atoms with Gasteiger partial charge >= 0.3 is 0 Å². The standard InChI is InChI=1S/C9H12BrN3O/c1-4-12-7-6(10)5-13-9(14-3)8(7)11-2/h4-5,11H,1-3H3/b12-4-. The second-order valence-electron chi connectivity index (χ2n) is 2.48. The second-order valence-corrected chi connectivity index (χ2v) is 3.33. The number of methoxy groups -OCH3 is 1. The molecule has 1 aromatic heterocycles. The van der Waals surface area contributed by atoms with Crippen LogP contribution in [0.3, 0.4) is 0 Å². The van der Waals surface area contributed by atoms with Crippen LogP contribution in [0.1, 0.15) is 6.92 Å². The van der Waals surface area contributed by atoms with Crippen LogP contribution >= 0.6 is 15.9 Å². The van der Waals surface area contributed by atoms with E-state index in [0.29, 0.717) is 5.88 Å². The summed E-state index contributed by atoms with van der Waals surface area (Å²) in [6, 6.07) is 0. The number of aliphatic imine (C=N–C) groups is 1. The number of hydrogen-bond acceptors (Lipinski definition) is 4. The molecule has 0 aliphatic heterocycles. The summed E-state index contributed by atoms with van der Waals surface area (Å²) in [5, 5.41) is 3.01. The molecule has 0 unspecified atom stereocenters. The molecule has 0 radical (unpaired) electrons. The van der Waals surface area contributed by atoms with Crippen molar-refractivity contribution in [3.8, 4) is 5.88 Å². The fourth-order valence-corrected chi connectivity index (χ4v) is 1.50. The van der Waals surface area contributed by atoms with Crippen molar-refractivity contribution in [3.63, 3.8) is 0 Å². The van der Waals surface area contributed by atoms with E-state index in [-0.39, 0.29) is 0 Å². The van der Waals surface area contributed by atoms with Crippen LogP contribution in [-0.2, 0) is 0 Å². The molecule has 0 aromatic carbocycles. The number of aromatic nitrogens is 1. The average molecular weight is 258 g/mol. The fraction of sp³-hybridized carbons (Fsp3) is 0.333. The number of halogens is 1. The maximum atomic E-state index is 5.11. The number of pyridine rings is 1. The molecular formula is C9H12BrN3O. The van der Waals surface area contributed by atoms with Gasteiger partial charge in [-0.3, -0.25) is 4.99 Å². The Bertz CT molecular complexity index is 352. The normalized spacial score (nSPS) is 10.6. The van der Waals surface area contributed by atoms with E-state index in [1.165, 1.54) is 0 Å². The third kappa shape index (κ3) is 2.04. The first kappa shape index (κ1) is 11.0. The lowest BCUT2D eigenvalue weighted by molar-refractivity contribution is 0.400. The number of anilines is 1. The highest BCUT2D eigenvalue weighted by Gasteiger charge is 2.11. The third-order valence-corrected chi connectivity index (χ3v) is 2.25. The van der Waals surface area contributed by atoms with Gasteiger partial charge in [0.2, 0.25) is 5.88 Å². The molecule has 0 bridgehead atoms. The van der Waals surface area contributed by atoms with Gasteiger partial charge in [0.1, 0.15) is 11.4 Å². The van der Waals surface area contributed by atoms with Crippen LogP contribution in [0.15, 0.2) is 15.7 Å². The Morgan fingerprint density at radius 1 is 1.64 bits per heavy atom. The van der Waals surface area contributed by atoms with Gasteiger partial charge in [-0.1, -0.05) is 0 Å². The molecule has 1 heterocycles. The summed E-state index contributed by atoms with van der Waals surface area (Å²) in [6.45, 7) is 1.86. The molecule has 0 aliphatic rings. The van der Waals surface area contributed by atoms with Crippen molar-refractivity contribution in [1.82, 2.24) is 4.98 Å². The van der Waals surface area contributed by atoms with Crippen molar-refractivity contribution >= 4 is 33.5 Å². The van der Waals surface area contributed by atoms with E-state index in [1.807, 2.05) is 6.92 Å². The summed E-state index contributed by atoms with van der Waals surface area (Å²) in [5.41, 5.74) is 1.57. The molecule has 1 rings (SSSR count). The van der Waals surface area contributed by atoms with Gasteiger partial charge in [0, 0.05) is 19.5 Å². The van der Waals surface area contributed by atoms with E-state index in [9.17, 15) is 0 Å². The third-order valence-electron chi connectivity index (χ3n) is 1.67. The van der Waals surface area contributed by atoms with Gasteiger partial charge in [-0.05, 0) is 22.9 Å². The van der Waals surface area contributed by atoms with Crippen molar-refractivity contribution in [3.05, 3.63) is 10.7 Å². The Labute approximate surface area is 91.5 Å². The summed E-state index contributed by atoms with van der Waals surface area (Å²) in [4.78, 5) is 8.34. The van der Waals surface area contributed by atoms with Crippen LogP contribution in [-0.4, -0.2) is 25.4 Å². The van der Waals surface area contributed by atoms with Gasteiger partial charge in [0.25, 0.3) is 0 Å². The number of rotatable bonds is 3. The first-order valence-electron chi connectivity index (χ1n) is 4.13. The summed E-state index contributed by atoms with van der Waals surface area (Å²) < 4.78 is 5.94. The Balaban J connectivity index is 3.34. The van der Waals surface area contributed by atoms with E-state index in [4.69, 9.17) is 4.74 Å². The minimum absolute atomic E-state index is 0.538. The molecule has 0 saturated heterocycles. The predicted molar refractivity (Wildman–Crippen MR) is 61.9 cm³/mol. The van der Waals surface area contributed by atoms with Crippen molar-refractivity contribution in [2.24, 2.45) is 4.99 Å². The minimum atomic E-state index is 0.538. The summed E-state index contributed by atoms with van der Waals surface area (Å²) in [7, 11) is 3.39. The Hall–Kier alpha value is -1.10. The molecule has 0 aliphatic carbocycles. The van der Waals surface area contributed by atoms with Crippen molar-refractivity contribution < 1.29 is 4.74 Å². The monoisotopic (exact) mass is 257 g/mol. The predicted octanol–water partition coefficient (Wildman–Crippen LogP) is 2.62. The smallest absolute Gasteiger partial charge is 0.239 e. The number of hydrogen-bond donors (Lipinski definition) is 1. The van der Waals surface area contributed by atoms with Gasteiger partial charge < -0.3 is 10.1 Å². The fourth-order valence-electron chi connectivity index (χ4n) is 1.10. The summed E-state index contributed by atoms with van der Waals surface area (Å²) in [5.74, 6) is 0.538. The van der Waals surface area contributed by atoms with Crippen LogP contribution in [0.25, 0.3) is 0 Å². The largest absolute Gasteiger partial charge is 0.479 e. The lowest BCUT2D eigenvalue weighted by atomic mass is 10.3. The van der Waals surface area contributed by atoms with E-state index in [2.05, 4.69) is 31.2 Å². The maximum absolute atomic E-state index is 5.11. The average Bonchev–Trinajstić information content (AvgIpc) is 2.21. The van der Waals surface area contributed by atoms with Crippen LogP contribution < -0.4 is 10.1 Å². The van der Waals surface area contributed by atoms with Crippen LogP contribution in [0.5, 0.6) is 5.88 Å². The van der Waals surface area contributed by atoms with E-state index in [1.54, 1.807) is 26.6 Å². The summed E-state index contributed by atoms with van der Waals surface area (Å²) >= 11 is 3.38. The van der Waals surface area contributed by atoms with E-state index >= 15 is 0 Å². The Morgan fingerprint density at radius 2 is 2.36 bits per heavy atom. The molecular weight excluding hydrogens is 246 g/mol. The first-order chi connectivity index (χ1) is 6.74. The topological polar surface area (TPSA) is 46.5 Å². The highest BCUT2D eigenvalue weighted by molar-refractivity contribution is 9.10. The SMILES string of the molecule is C/C=N\c1c(Br)cnc(OC)c1NC. The number of nitrogens with one attached hydrogen (secondary N) is 1. The second kappa shape index (κ2) is 4.95. The lowest BCUT2D eigenvalue weighted by Gasteiger charge is -2.10. The molecule has 14 heavy (non-hydrogen) atoms. The van der Waals surface area contributed by atoms with E-state index in [0.717, 1.165) is 15.8 Å². The van der Waals surface area contributed by atoms with Crippen molar-refractivity contribution in [2.45, 2.75) is 6.92 Å². The van der Waals surface area contributed by atoms with Gasteiger partial charge in [-0.15, -0.1) is 0 Å². The zero-order valence-electron chi connectivity index (χ0n) is 8.34. The highest BCUT2D eigenvalue weighted by Crippen LogP contribution is 2.38. The molecule has 0 saturated carbocycles. The molecule has 1 aromatic rings. The lowest BCUT2D eigenvalue weighted by Crippen LogP contribution is -1.97. The van der Waals surface area contributed by atoms with Crippen LogP contribution in [0.4, 0.5) is 11.4 Å².